The highest BCUT2D eigenvalue weighted by Gasteiger charge is 2.22. The third kappa shape index (κ3) is 5.95. The summed E-state index contributed by atoms with van der Waals surface area (Å²) in [6.45, 7) is 7.64. The minimum atomic E-state index is -1.27. The smallest absolute Gasteiger partial charge is 0.275 e. The molecule has 11 heteroatoms. The fraction of sp³-hybridized carbons (Fsp3) is 0.269. The second kappa shape index (κ2) is 10.6. The summed E-state index contributed by atoms with van der Waals surface area (Å²) < 4.78 is 48.0. The summed E-state index contributed by atoms with van der Waals surface area (Å²) in [6.07, 6.45) is 3.32. The molecule has 4 aromatic rings. The predicted octanol–water partition coefficient (Wildman–Crippen LogP) is 7.00. The molecule has 0 aliphatic carbocycles. The molecular weight excluding hydrogens is 500 g/mol. The largest absolute Gasteiger partial charge is 0.497 e. The highest BCUT2D eigenvalue weighted by Crippen LogP contribution is 2.40. The predicted molar refractivity (Wildman–Crippen MR) is 139 cm³/mol. The second-order valence-electron chi connectivity index (χ2n) is 9.69. The van der Waals surface area contributed by atoms with Gasteiger partial charge in [-0.05, 0) is 29.8 Å². The first-order chi connectivity index (χ1) is 17.6. The molecule has 2 aromatic carbocycles. The van der Waals surface area contributed by atoms with Crippen molar-refractivity contribution >= 4 is 24.8 Å². The third-order valence-electron chi connectivity index (χ3n) is 5.75. The summed E-state index contributed by atoms with van der Waals surface area (Å²) in [4.78, 5) is 14.6. The topological polar surface area (TPSA) is 88.7 Å². The van der Waals surface area contributed by atoms with Gasteiger partial charge in [0, 0.05) is 32.6 Å². The number of ether oxygens (including phenoxy) is 3. The summed E-state index contributed by atoms with van der Waals surface area (Å²) in [5, 5.41) is 11.5. The van der Waals surface area contributed by atoms with E-state index in [2.05, 4.69) is 24.6 Å². The van der Waals surface area contributed by atoms with E-state index >= 15 is 0 Å². The zero-order chi connectivity index (χ0) is 26.7. The average Bonchev–Trinajstić information content (AvgIpc) is 3.22. The van der Waals surface area contributed by atoms with Gasteiger partial charge < -0.3 is 18.8 Å². The van der Waals surface area contributed by atoms with Crippen molar-refractivity contribution in [3.05, 3.63) is 76.6 Å². The highest BCUT2D eigenvalue weighted by molar-refractivity contribution is 6.76. The molecule has 0 fully saturated rings. The molecule has 0 N–H and O–H groups in total. The van der Waals surface area contributed by atoms with Crippen LogP contribution < -0.4 is 9.47 Å². The minimum absolute atomic E-state index is 0.142. The Labute approximate surface area is 213 Å². The fourth-order valence-corrected chi connectivity index (χ4v) is 4.52. The van der Waals surface area contributed by atoms with E-state index in [0.717, 1.165) is 11.6 Å². The Morgan fingerprint density at radius 3 is 2.35 bits per heavy atom. The number of fused-ring (bicyclic) bond motifs is 1. The van der Waals surface area contributed by atoms with Gasteiger partial charge >= 0.3 is 0 Å². The van der Waals surface area contributed by atoms with Crippen LogP contribution in [0.1, 0.15) is 0 Å². The highest BCUT2D eigenvalue weighted by atomic mass is 28.3. The monoisotopic (exact) mass is 527 g/mol. The van der Waals surface area contributed by atoms with Gasteiger partial charge in [0.25, 0.3) is 5.69 Å². The number of nitro groups is 1. The van der Waals surface area contributed by atoms with Crippen LogP contribution in [-0.4, -0.2) is 36.3 Å². The van der Waals surface area contributed by atoms with E-state index in [0.29, 0.717) is 41.1 Å². The summed E-state index contributed by atoms with van der Waals surface area (Å²) in [6, 6.07) is 11.0. The number of hydrogen-bond acceptors (Lipinski definition) is 6. The van der Waals surface area contributed by atoms with Crippen LogP contribution in [0.25, 0.3) is 22.2 Å². The van der Waals surface area contributed by atoms with Gasteiger partial charge in [-0.2, -0.15) is 0 Å². The van der Waals surface area contributed by atoms with Gasteiger partial charge in [-0.3, -0.25) is 10.1 Å². The van der Waals surface area contributed by atoms with Gasteiger partial charge in [0.05, 0.1) is 29.6 Å². The van der Waals surface area contributed by atoms with Crippen LogP contribution in [0.15, 0.2) is 54.9 Å². The SMILES string of the molecule is COc1ccc(-c2cn(COCC[Si](C)(C)C)c3nccc(Oc4c(F)cc([N+](=O)[O-])cc4F)c23)cc1. The van der Waals surface area contributed by atoms with E-state index in [1.807, 2.05) is 22.9 Å². The minimum Gasteiger partial charge on any atom is -0.497 e. The standard InChI is InChI=1S/C26H27F2N3O5Si/c1-34-19-7-5-17(6-8-19)20-15-30(16-35-11-12-37(2,3)4)26-24(20)23(9-10-29-26)36-25-21(27)13-18(31(32)33)14-22(25)28/h5-10,13-15H,11-12,16H2,1-4H3. The van der Waals surface area contributed by atoms with Gasteiger partial charge in [0.1, 0.15) is 23.9 Å². The van der Waals surface area contributed by atoms with Crippen molar-refractivity contribution in [2.75, 3.05) is 13.7 Å². The number of nitro benzene ring substituents is 1. The molecule has 4 rings (SSSR count). The Balaban J connectivity index is 1.78. The molecule has 0 saturated heterocycles. The van der Waals surface area contributed by atoms with E-state index in [9.17, 15) is 18.9 Å². The van der Waals surface area contributed by atoms with E-state index < -0.39 is 36.1 Å². The van der Waals surface area contributed by atoms with Gasteiger partial charge in [-0.25, -0.2) is 13.8 Å². The molecule has 0 aliphatic rings. The summed E-state index contributed by atoms with van der Waals surface area (Å²) in [7, 11) is 0.296. The maximum Gasteiger partial charge on any atom is 0.275 e. The molecule has 37 heavy (non-hydrogen) atoms. The molecular formula is C26H27F2N3O5Si. The van der Waals surface area contributed by atoms with E-state index in [1.165, 1.54) is 12.3 Å². The Morgan fingerprint density at radius 2 is 1.76 bits per heavy atom. The zero-order valence-electron chi connectivity index (χ0n) is 21.0. The van der Waals surface area contributed by atoms with Crippen molar-refractivity contribution < 1.29 is 27.9 Å². The Bertz CT molecular complexity index is 1410. The van der Waals surface area contributed by atoms with Crippen LogP contribution in [0.4, 0.5) is 14.5 Å². The number of rotatable bonds is 10. The number of benzene rings is 2. The number of nitrogens with zero attached hydrogens (tertiary/aromatic N) is 3. The van der Waals surface area contributed by atoms with Crippen LogP contribution in [0.5, 0.6) is 17.2 Å². The molecule has 0 amide bonds. The molecule has 0 bridgehead atoms. The third-order valence-corrected chi connectivity index (χ3v) is 7.46. The average molecular weight is 528 g/mol. The molecule has 0 unspecified atom stereocenters. The van der Waals surface area contributed by atoms with Crippen LogP contribution in [0, 0.1) is 21.7 Å². The summed E-state index contributed by atoms with van der Waals surface area (Å²) in [5.74, 6) is -2.29. The Morgan fingerprint density at radius 1 is 1.08 bits per heavy atom. The first-order valence-electron chi connectivity index (χ1n) is 11.6. The quantitative estimate of drug-likeness (QED) is 0.0955. The van der Waals surface area contributed by atoms with Crippen LogP contribution in [-0.2, 0) is 11.5 Å². The molecule has 0 aliphatic heterocycles. The zero-order valence-corrected chi connectivity index (χ0v) is 22.0. The van der Waals surface area contributed by atoms with Crippen molar-refractivity contribution in [1.29, 1.82) is 0 Å². The summed E-state index contributed by atoms with van der Waals surface area (Å²) in [5.41, 5.74) is 1.30. The van der Waals surface area contributed by atoms with Crippen LogP contribution in [0.3, 0.4) is 0 Å². The molecule has 2 aromatic heterocycles. The number of halogens is 2. The second-order valence-corrected chi connectivity index (χ2v) is 15.3. The Hall–Kier alpha value is -3.83. The fourth-order valence-electron chi connectivity index (χ4n) is 3.76. The van der Waals surface area contributed by atoms with Crippen molar-refractivity contribution in [3.63, 3.8) is 0 Å². The van der Waals surface area contributed by atoms with Gasteiger partial charge in [-0.15, -0.1) is 0 Å². The van der Waals surface area contributed by atoms with Crippen molar-refractivity contribution in [1.82, 2.24) is 9.55 Å². The van der Waals surface area contributed by atoms with E-state index in [-0.39, 0.29) is 12.5 Å². The number of hydrogen-bond donors (Lipinski definition) is 0. The normalized spacial score (nSPS) is 11.6. The van der Waals surface area contributed by atoms with Gasteiger partial charge in [0.15, 0.2) is 17.4 Å². The lowest BCUT2D eigenvalue weighted by Gasteiger charge is -2.15. The Kier molecular flexibility index (Phi) is 7.55. The van der Waals surface area contributed by atoms with Crippen LogP contribution in [0.2, 0.25) is 25.7 Å². The van der Waals surface area contributed by atoms with Crippen molar-refractivity contribution in [3.8, 4) is 28.4 Å². The molecule has 0 atom stereocenters. The van der Waals surface area contributed by atoms with E-state index in [4.69, 9.17) is 14.2 Å². The first kappa shape index (κ1) is 26.2. The molecule has 0 spiro atoms. The molecule has 2 heterocycles. The first-order valence-corrected chi connectivity index (χ1v) is 15.3. The lowest BCUT2D eigenvalue weighted by molar-refractivity contribution is -0.385. The number of aromatic nitrogens is 2. The molecule has 0 saturated carbocycles. The molecule has 0 radical (unpaired) electrons. The maximum absolute atomic E-state index is 14.7. The number of methoxy groups -OCH3 is 1. The van der Waals surface area contributed by atoms with Gasteiger partial charge in [-0.1, -0.05) is 31.8 Å². The summed E-state index contributed by atoms with van der Waals surface area (Å²) >= 11 is 0. The van der Waals surface area contributed by atoms with Gasteiger partial charge in [0.2, 0.25) is 0 Å². The molecule has 194 valence electrons. The number of pyridine rings is 1. The van der Waals surface area contributed by atoms with Crippen molar-refractivity contribution in [2.24, 2.45) is 0 Å². The molecule has 8 nitrogen and oxygen atoms in total. The van der Waals surface area contributed by atoms with Crippen LogP contribution >= 0.6 is 0 Å². The maximum atomic E-state index is 14.7. The number of non-ortho nitro benzene ring substituents is 1. The lowest BCUT2D eigenvalue weighted by Crippen LogP contribution is -2.22. The lowest BCUT2D eigenvalue weighted by atomic mass is 10.1. The van der Waals surface area contributed by atoms with Crippen molar-refractivity contribution in [2.45, 2.75) is 32.4 Å². The van der Waals surface area contributed by atoms with E-state index in [1.54, 1.807) is 19.2 Å².